The summed E-state index contributed by atoms with van der Waals surface area (Å²) >= 11 is 0. The van der Waals surface area contributed by atoms with Crippen LogP contribution in [0.15, 0.2) is 22.2 Å². The second kappa shape index (κ2) is 8.54. The van der Waals surface area contributed by atoms with Gasteiger partial charge in [-0.05, 0) is 50.3 Å². The standard InChI is InChI=1S/C22H25FN4O3/c1-14-8-17(23)16(5-4-15-2-3-15)9-18(14)26-21(28)19(27-24)10-25-11-20-29-12-22(6-7-22)13-30-20/h8-10,15,20H,2-3,6-7,11-13,24H2,1H3,(H,26,28)/b25-10?,27-19+. The molecule has 3 N–H and O–H groups in total. The number of nitrogens with zero attached hydrogens (tertiary/aromatic N) is 2. The monoisotopic (exact) mass is 412 g/mol. The number of hydrogen-bond acceptors (Lipinski definition) is 6. The molecule has 1 aromatic rings. The van der Waals surface area contributed by atoms with Crippen LogP contribution in [-0.4, -0.2) is 43.9 Å². The van der Waals surface area contributed by atoms with Gasteiger partial charge in [0.15, 0.2) is 12.0 Å². The third-order valence-electron chi connectivity index (χ3n) is 5.50. The molecule has 1 aromatic carbocycles. The molecule has 158 valence electrons. The van der Waals surface area contributed by atoms with Crippen molar-refractivity contribution < 1.29 is 18.7 Å². The Kier molecular flexibility index (Phi) is 5.84. The average Bonchev–Trinajstić information content (AvgIpc) is 3.65. The first-order valence-electron chi connectivity index (χ1n) is 10.1. The van der Waals surface area contributed by atoms with Gasteiger partial charge in [0.1, 0.15) is 5.82 Å². The zero-order valence-electron chi connectivity index (χ0n) is 16.9. The molecule has 3 fully saturated rings. The minimum atomic E-state index is -0.542. The van der Waals surface area contributed by atoms with E-state index in [1.807, 2.05) is 0 Å². The Morgan fingerprint density at radius 1 is 1.37 bits per heavy atom. The average molecular weight is 412 g/mol. The number of aliphatic imine (C=N–C) groups is 1. The van der Waals surface area contributed by atoms with Gasteiger partial charge in [0.05, 0.1) is 31.5 Å². The van der Waals surface area contributed by atoms with Crippen LogP contribution in [0.2, 0.25) is 0 Å². The summed E-state index contributed by atoms with van der Waals surface area (Å²) in [4.78, 5) is 16.7. The molecule has 30 heavy (non-hydrogen) atoms. The number of amides is 1. The van der Waals surface area contributed by atoms with Gasteiger partial charge in [0.25, 0.3) is 5.91 Å². The van der Waals surface area contributed by atoms with E-state index in [9.17, 15) is 9.18 Å². The van der Waals surface area contributed by atoms with Crippen LogP contribution in [0.5, 0.6) is 0 Å². The Morgan fingerprint density at radius 3 is 2.73 bits per heavy atom. The van der Waals surface area contributed by atoms with Crippen molar-refractivity contribution in [2.24, 2.45) is 27.3 Å². The van der Waals surface area contributed by atoms with E-state index in [4.69, 9.17) is 15.3 Å². The zero-order valence-corrected chi connectivity index (χ0v) is 16.9. The number of nitrogens with two attached hydrogens (primary N) is 1. The molecule has 0 aromatic heterocycles. The van der Waals surface area contributed by atoms with Crippen LogP contribution in [0.25, 0.3) is 0 Å². The lowest BCUT2D eigenvalue weighted by Gasteiger charge is -2.28. The van der Waals surface area contributed by atoms with Gasteiger partial charge in [-0.25, -0.2) is 4.39 Å². The van der Waals surface area contributed by atoms with Crippen molar-refractivity contribution in [2.45, 2.75) is 38.9 Å². The Balaban J connectivity index is 1.35. The van der Waals surface area contributed by atoms with E-state index in [-0.39, 0.29) is 23.2 Å². The molecule has 2 saturated carbocycles. The molecule has 1 aliphatic heterocycles. The van der Waals surface area contributed by atoms with Crippen molar-refractivity contribution >= 4 is 23.5 Å². The normalized spacial score (nSPS) is 20.8. The van der Waals surface area contributed by atoms with Crippen LogP contribution in [-0.2, 0) is 14.3 Å². The molecule has 2 aliphatic carbocycles. The number of ether oxygens (including phenoxy) is 2. The number of hydrazone groups is 1. The maximum Gasteiger partial charge on any atom is 0.277 e. The summed E-state index contributed by atoms with van der Waals surface area (Å²) in [6, 6.07) is 2.88. The number of hydrogen-bond donors (Lipinski definition) is 2. The van der Waals surface area contributed by atoms with E-state index in [0.29, 0.717) is 30.4 Å². The van der Waals surface area contributed by atoms with Crippen molar-refractivity contribution in [3.63, 3.8) is 0 Å². The number of aryl methyl sites for hydroxylation is 1. The van der Waals surface area contributed by atoms with Crippen molar-refractivity contribution in [3.05, 3.63) is 29.1 Å². The first-order valence-corrected chi connectivity index (χ1v) is 10.1. The van der Waals surface area contributed by atoms with Gasteiger partial charge >= 0.3 is 0 Å². The largest absolute Gasteiger partial charge is 0.350 e. The quantitative estimate of drug-likeness (QED) is 0.336. The third-order valence-corrected chi connectivity index (χ3v) is 5.50. The summed E-state index contributed by atoms with van der Waals surface area (Å²) in [6.45, 7) is 3.32. The van der Waals surface area contributed by atoms with Crippen LogP contribution in [0.1, 0.15) is 36.8 Å². The van der Waals surface area contributed by atoms with Gasteiger partial charge in [-0.15, -0.1) is 0 Å². The molecular weight excluding hydrogens is 387 g/mol. The second-order valence-electron chi connectivity index (χ2n) is 8.20. The molecule has 0 radical (unpaired) electrons. The molecule has 1 spiro atoms. The minimum Gasteiger partial charge on any atom is -0.350 e. The predicted molar refractivity (Wildman–Crippen MR) is 112 cm³/mol. The molecule has 7 nitrogen and oxygen atoms in total. The van der Waals surface area contributed by atoms with E-state index in [0.717, 1.165) is 25.7 Å². The fourth-order valence-electron chi connectivity index (χ4n) is 3.07. The molecule has 8 heteroatoms. The van der Waals surface area contributed by atoms with Crippen LogP contribution in [0.4, 0.5) is 10.1 Å². The number of rotatable bonds is 5. The van der Waals surface area contributed by atoms with Gasteiger partial charge < -0.3 is 20.6 Å². The van der Waals surface area contributed by atoms with Gasteiger partial charge in [-0.1, -0.05) is 11.8 Å². The fourth-order valence-corrected chi connectivity index (χ4v) is 3.07. The summed E-state index contributed by atoms with van der Waals surface area (Å²) in [6.07, 6.45) is 5.25. The maximum atomic E-state index is 14.2. The molecule has 3 aliphatic rings. The smallest absolute Gasteiger partial charge is 0.277 e. The number of carbonyl (C=O) groups is 1. The number of halogens is 1. The van der Waals surface area contributed by atoms with E-state index in [2.05, 4.69) is 27.3 Å². The van der Waals surface area contributed by atoms with E-state index >= 15 is 0 Å². The van der Waals surface area contributed by atoms with Gasteiger partial charge in [0.2, 0.25) is 0 Å². The Hall–Kier alpha value is -2.76. The minimum absolute atomic E-state index is 0.0567. The van der Waals surface area contributed by atoms with Crippen molar-refractivity contribution in [1.82, 2.24) is 0 Å². The van der Waals surface area contributed by atoms with Gasteiger partial charge in [-0.2, -0.15) is 5.10 Å². The molecule has 0 bridgehead atoms. The number of anilines is 1. The van der Waals surface area contributed by atoms with E-state index in [1.165, 1.54) is 18.3 Å². The van der Waals surface area contributed by atoms with E-state index < -0.39 is 18.0 Å². The lowest BCUT2D eigenvalue weighted by molar-refractivity contribution is -0.201. The van der Waals surface area contributed by atoms with E-state index in [1.54, 1.807) is 6.92 Å². The number of nitrogens with one attached hydrogen (secondary N) is 1. The fraction of sp³-hybridized carbons (Fsp3) is 0.500. The highest BCUT2D eigenvalue weighted by molar-refractivity contribution is 6.63. The summed E-state index contributed by atoms with van der Waals surface area (Å²) in [5.41, 5.74) is 1.44. The molecule has 1 amide bonds. The predicted octanol–water partition coefficient (Wildman–Crippen LogP) is 2.37. The summed E-state index contributed by atoms with van der Waals surface area (Å²) in [5, 5.41) is 6.21. The summed E-state index contributed by atoms with van der Waals surface area (Å²) in [5.74, 6) is 10.6. The Bertz CT molecular complexity index is 945. The lowest BCUT2D eigenvalue weighted by Crippen LogP contribution is -2.35. The highest BCUT2D eigenvalue weighted by Crippen LogP contribution is 2.48. The molecule has 1 saturated heterocycles. The molecule has 0 unspecified atom stereocenters. The van der Waals surface area contributed by atoms with Crippen LogP contribution in [0, 0.1) is 35.9 Å². The molecule has 1 heterocycles. The molecule has 0 atom stereocenters. The van der Waals surface area contributed by atoms with Crippen LogP contribution in [0.3, 0.4) is 0 Å². The van der Waals surface area contributed by atoms with Crippen molar-refractivity contribution in [3.8, 4) is 11.8 Å². The molecular formula is C22H25FN4O3. The van der Waals surface area contributed by atoms with Crippen molar-refractivity contribution in [2.75, 3.05) is 25.1 Å². The Labute approximate surface area is 174 Å². The molecule has 4 rings (SSSR count). The topological polar surface area (TPSA) is 98.3 Å². The third kappa shape index (κ3) is 5.04. The zero-order chi connectivity index (χ0) is 21.1. The Morgan fingerprint density at radius 2 is 2.10 bits per heavy atom. The highest BCUT2D eigenvalue weighted by atomic mass is 19.1. The SMILES string of the molecule is Cc1cc(F)c(C#CC2CC2)cc1NC(=O)/C(C=NCC1OCC2(CC2)CO1)=N/N. The maximum absolute atomic E-state index is 14.2. The van der Waals surface area contributed by atoms with Gasteiger partial charge in [-0.3, -0.25) is 9.79 Å². The summed E-state index contributed by atoms with van der Waals surface area (Å²) in [7, 11) is 0. The summed E-state index contributed by atoms with van der Waals surface area (Å²) < 4.78 is 25.5. The number of carbonyl (C=O) groups excluding carboxylic acids is 1. The van der Waals surface area contributed by atoms with Crippen molar-refractivity contribution in [1.29, 1.82) is 0 Å². The van der Waals surface area contributed by atoms with Crippen LogP contribution >= 0.6 is 0 Å². The first kappa shape index (κ1) is 20.5. The second-order valence-corrected chi connectivity index (χ2v) is 8.20. The van der Waals surface area contributed by atoms with Gasteiger partial charge in [0, 0.05) is 17.0 Å². The van der Waals surface area contributed by atoms with Crippen LogP contribution < -0.4 is 11.2 Å². The first-order chi connectivity index (χ1) is 14.5. The number of benzene rings is 1. The highest BCUT2D eigenvalue weighted by Gasteiger charge is 2.46. The lowest BCUT2D eigenvalue weighted by atomic mass is 10.1.